The van der Waals surface area contributed by atoms with E-state index in [4.69, 9.17) is 0 Å². The van der Waals surface area contributed by atoms with Gasteiger partial charge in [-0.15, -0.1) is 0 Å². The van der Waals surface area contributed by atoms with Gasteiger partial charge in [-0.05, 0) is 0 Å². The largest absolute Gasteiger partial charge is 0.355 e. The summed E-state index contributed by atoms with van der Waals surface area (Å²) in [4.78, 5) is 11.0. The highest BCUT2D eigenvalue weighted by molar-refractivity contribution is 5.77. The van der Waals surface area contributed by atoms with Gasteiger partial charge in [0.05, 0.1) is 0 Å². The molecule has 0 bridgehead atoms. The summed E-state index contributed by atoms with van der Waals surface area (Å²) >= 11 is 0. The van der Waals surface area contributed by atoms with Crippen molar-refractivity contribution in [3.63, 3.8) is 0 Å². The van der Waals surface area contributed by atoms with Crippen molar-refractivity contribution in [2.24, 2.45) is 5.92 Å². The number of hydrogen-bond donors (Lipinski definition) is 2. The first-order valence-corrected chi connectivity index (χ1v) is 4.55. The van der Waals surface area contributed by atoms with E-state index in [0.717, 1.165) is 13.1 Å². The monoisotopic (exact) mass is 176 g/mol. The third kappa shape index (κ3) is 6.16. The lowest BCUT2D eigenvalue weighted by atomic mass is 10.2. The van der Waals surface area contributed by atoms with E-state index >= 15 is 0 Å². The summed E-state index contributed by atoms with van der Waals surface area (Å²) in [6, 6.07) is 0.487. The van der Waals surface area contributed by atoms with Gasteiger partial charge in [-0.25, -0.2) is 0 Å². The smallest absolute Gasteiger partial charge is 0.222 e. The molecule has 0 saturated heterocycles. The van der Waals surface area contributed by atoms with Crippen LogP contribution in [-0.4, -0.2) is 25.0 Å². The quantitative estimate of drug-likeness (QED) is 0.619. The van der Waals surface area contributed by atoms with Crippen LogP contribution in [0.1, 0.15) is 30.5 Å². The fourth-order valence-electron chi connectivity index (χ4n) is 0.751. The zero-order valence-electron chi connectivity index (χ0n) is 8.48. The highest BCUT2D eigenvalue weighted by Crippen LogP contribution is 1.88. The Balaban J connectivity index is -0.000000605. The molecule has 0 heterocycles. The summed E-state index contributed by atoms with van der Waals surface area (Å²) in [5.41, 5.74) is 0. The maximum absolute atomic E-state index is 11.0. The maximum atomic E-state index is 11.0. The van der Waals surface area contributed by atoms with Crippen molar-refractivity contribution in [2.45, 2.75) is 33.7 Å². The molecule has 0 unspecified atom stereocenters. The standard InChI is InChI=1S/C9H20N2O.2H2/c1-7(2)9(12)11-6-5-10-8(3)4;;/h7-8,10H,5-6H2,1-4H3,(H,11,12);2*1H. The van der Waals surface area contributed by atoms with Crippen molar-refractivity contribution in [3.8, 4) is 0 Å². The Morgan fingerprint density at radius 1 is 1.25 bits per heavy atom. The Hall–Kier alpha value is -0.570. The number of nitrogens with one attached hydrogen (secondary N) is 2. The molecule has 0 fully saturated rings. The Morgan fingerprint density at radius 3 is 2.25 bits per heavy atom. The van der Waals surface area contributed by atoms with Gasteiger partial charge in [0.1, 0.15) is 0 Å². The van der Waals surface area contributed by atoms with Gasteiger partial charge in [0.25, 0.3) is 0 Å². The van der Waals surface area contributed by atoms with Crippen molar-refractivity contribution in [1.82, 2.24) is 10.6 Å². The normalized spacial score (nSPS) is 10.8. The molecule has 1 amide bonds. The Kier molecular flexibility index (Phi) is 5.72. The van der Waals surface area contributed by atoms with Crippen LogP contribution in [0.4, 0.5) is 0 Å². The van der Waals surface area contributed by atoms with Gasteiger partial charge < -0.3 is 10.6 Å². The van der Waals surface area contributed by atoms with Crippen molar-refractivity contribution < 1.29 is 7.65 Å². The molecule has 0 rings (SSSR count). The predicted octanol–water partition coefficient (Wildman–Crippen LogP) is 1.25. The number of amides is 1. The molecule has 76 valence electrons. The van der Waals surface area contributed by atoms with Crippen LogP contribution in [0.25, 0.3) is 0 Å². The summed E-state index contributed by atoms with van der Waals surface area (Å²) in [7, 11) is 0. The molecule has 2 N–H and O–H groups in total. The minimum absolute atomic E-state index is 0. The minimum atomic E-state index is 0. The van der Waals surface area contributed by atoms with E-state index in [1.54, 1.807) is 0 Å². The van der Waals surface area contributed by atoms with Crippen molar-refractivity contribution in [3.05, 3.63) is 0 Å². The fraction of sp³-hybridized carbons (Fsp3) is 0.889. The number of carbonyl (C=O) groups is 1. The van der Waals surface area contributed by atoms with Crippen LogP contribution in [0.15, 0.2) is 0 Å². The molecule has 0 radical (unpaired) electrons. The summed E-state index contributed by atoms with van der Waals surface area (Å²) < 4.78 is 0. The summed E-state index contributed by atoms with van der Waals surface area (Å²) in [6.45, 7) is 9.52. The van der Waals surface area contributed by atoms with Crippen LogP contribution in [0.3, 0.4) is 0 Å². The van der Waals surface area contributed by atoms with E-state index in [1.807, 2.05) is 13.8 Å². The van der Waals surface area contributed by atoms with Gasteiger partial charge in [0, 0.05) is 27.9 Å². The molecule has 0 atom stereocenters. The summed E-state index contributed by atoms with van der Waals surface area (Å²) in [5, 5.41) is 6.06. The number of hydrogen-bond acceptors (Lipinski definition) is 2. The zero-order valence-corrected chi connectivity index (χ0v) is 8.48. The molecule has 3 heteroatoms. The van der Waals surface area contributed by atoms with Gasteiger partial charge >= 0.3 is 0 Å². The van der Waals surface area contributed by atoms with E-state index in [-0.39, 0.29) is 14.7 Å². The first-order valence-electron chi connectivity index (χ1n) is 4.55. The SMILES string of the molecule is CC(C)NCCNC(=O)C(C)C.[HH].[HH]. The van der Waals surface area contributed by atoms with E-state index in [1.165, 1.54) is 0 Å². The van der Waals surface area contributed by atoms with Crippen molar-refractivity contribution in [1.29, 1.82) is 0 Å². The van der Waals surface area contributed by atoms with Crippen LogP contribution >= 0.6 is 0 Å². The Bertz CT molecular complexity index is 141. The first-order chi connectivity index (χ1) is 5.54. The second-order valence-electron chi connectivity index (χ2n) is 3.55. The predicted molar refractivity (Wildman–Crippen MR) is 55.2 cm³/mol. The van der Waals surface area contributed by atoms with E-state index in [9.17, 15) is 4.79 Å². The van der Waals surface area contributed by atoms with Crippen molar-refractivity contribution >= 4 is 5.91 Å². The van der Waals surface area contributed by atoms with Crippen LogP contribution in [-0.2, 0) is 4.79 Å². The molecule has 12 heavy (non-hydrogen) atoms. The first kappa shape index (κ1) is 11.4. The Labute approximate surface area is 77.9 Å². The second kappa shape index (κ2) is 6.00. The van der Waals surface area contributed by atoms with Gasteiger partial charge in [-0.2, -0.15) is 0 Å². The molecule has 0 aliphatic rings. The van der Waals surface area contributed by atoms with E-state index < -0.39 is 0 Å². The molecule has 0 aromatic carbocycles. The van der Waals surface area contributed by atoms with Crippen LogP contribution < -0.4 is 10.6 Å². The second-order valence-corrected chi connectivity index (χ2v) is 3.55. The number of rotatable bonds is 5. The molecular formula is C9H24N2O. The van der Waals surface area contributed by atoms with E-state index in [0.29, 0.717) is 6.04 Å². The number of carbonyl (C=O) groups excluding carboxylic acids is 1. The molecule has 0 aliphatic heterocycles. The van der Waals surface area contributed by atoms with Gasteiger partial charge in [0.15, 0.2) is 0 Å². The lowest BCUT2D eigenvalue weighted by Gasteiger charge is -2.10. The molecule has 0 saturated carbocycles. The average Bonchev–Trinajstić information content (AvgIpc) is 1.97. The highest BCUT2D eigenvalue weighted by atomic mass is 16.1. The molecule has 0 aromatic heterocycles. The van der Waals surface area contributed by atoms with Gasteiger partial charge in [-0.1, -0.05) is 27.7 Å². The lowest BCUT2D eigenvalue weighted by Crippen LogP contribution is -2.36. The summed E-state index contributed by atoms with van der Waals surface area (Å²) in [5.74, 6) is 0.213. The van der Waals surface area contributed by atoms with Crippen LogP contribution in [0.2, 0.25) is 0 Å². The van der Waals surface area contributed by atoms with Gasteiger partial charge in [-0.3, -0.25) is 4.79 Å². The topological polar surface area (TPSA) is 41.1 Å². The molecule has 0 aliphatic carbocycles. The molecule has 0 aromatic rings. The van der Waals surface area contributed by atoms with Gasteiger partial charge in [0.2, 0.25) is 5.91 Å². The molecular weight excluding hydrogens is 152 g/mol. The highest BCUT2D eigenvalue weighted by Gasteiger charge is 2.04. The molecule has 3 nitrogen and oxygen atoms in total. The maximum Gasteiger partial charge on any atom is 0.222 e. The van der Waals surface area contributed by atoms with Crippen LogP contribution in [0, 0.1) is 5.92 Å². The summed E-state index contributed by atoms with van der Waals surface area (Å²) in [6.07, 6.45) is 0. The fourth-order valence-corrected chi connectivity index (χ4v) is 0.751. The van der Waals surface area contributed by atoms with Crippen LogP contribution in [0.5, 0.6) is 0 Å². The van der Waals surface area contributed by atoms with E-state index in [2.05, 4.69) is 24.5 Å². The zero-order chi connectivity index (χ0) is 9.56. The molecule has 0 spiro atoms. The lowest BCUT2D eigenvalue weighted by molar-refractivity contribution is -0.123. The van der Waals surface area contributed by atoms with Crippen molar-refractivity contribution in [2.75, 3.05) is 13.1 Å². The minimum Gasteiger partial charge on any atom is -0.355 e. The average molecular weight is 176 g/mol. The third-order valence-electron chi connectivity index (χ3n) is 1.50. The third-order valence-corrected chi connectivity index (χ3v) is 1.50. The Morgan fingerprint density at radius 2 is 1.83 bits per heavy atom.